The molecule has 0 aliphatic heterocycles. The van der Waals surface area contributed by atoms with Crippen LogP contribution in [0.15, 0.2) is 0 Å². The maximum Gasteiger partial charge on any atom is 0.346 e. The van der Waals surface area contributed by atoms with Crippen molar-refractivity contribution in [2.24, 2.45) is 0 Å². The molecule has 0 aromatic carbocycles. The Bertz CT molecular complexity index is 272. The zero-order valence-electron chi connectivity index (χ0n) is 12.9. The topological polar surface area (TPSA) is 115 Å². The van der Waals surface area contributed by atoms with Gasteiger partial charge in [-0.05, 0) is 13.8 Å². The molecule has 0 saturated heterocycles. The lowest BCUT2D eigenvalue weighted by molar-refractivity contribution is -0.205. The summed E-state index contributed by atoms with van der Waals surface area (Å²) in [5.41, 5.74) is 0. The lowest BCUT2D eigenvalue weighted by Crippen LogP contribution is -2.35. The van der Waals surface area contributed by atoms with Crippen LogP contribution in [0.5, 0.6) is 0 Å². The summed E-state index contributed by atoms with van der Waals surface area (Å²) in [5.74, 6) is -1.10. The number of hydrogen-bond acceptors (Lipinski definition) is 8. The molecule has 0 bridgehead atoms. The Morgan fingerprint density at radius 2 is 1.41 bits per heavy atom. The van der Waals surface area contributed by atoms with Crippen molar-refractivity contribution in [3.05, 3.63) is 0 Å². The highest BCUT2D eigenvalue weighted by atomic mass is 19.1. The first-order valence-corrected chi connectivity index (χ1v) is 6.42. The molecular formula is C12H24F2O8. The quantitative estimate of drug-likeness (QED) is 0.382. The van der Waals surface area contributed by atoms with Crippen LogP contribution in [0.1, 0.15) is 13.8 Å². The fourth-order valence-electron chi connectivity index (χ4n) is 0.994. The summed E-state index contributed by atoms with van der Waals surface area (Å²) in [6.07, 6.45) is -9.07. The molecule has 3 N–H and O–H groups in total. The van der Waals surface area contributed by atoms with Gasteiger partial charge in [0.05, 0.1) is 6.61 Å². The Hall–Kier alpha value is -0.910. The molecule has 0 aliphatic rings. The summed E-state index contributed by atoms with van der Waals surface area (Å²) < 4.78 is 42.3. The van der Waals surface area contributed by atoms with Crippen LogP contribution in [-0.2, 0) is 23.7 Å². The van der Waals surface area contributed by atoms with E-state index in [-0.39, 0.29) is 13.2 Å². The zero-order chi connectivity index (χ0) is 17.7. The van der Waals surface area contributed by atoms with Gasteiger partial charge in [-0.25, -0.2) is 13.6 Å². The molecule has 0 aromatic rings. The van der Waals surface area contributed by atoms with E-state index in [0.29, 0.717) is 0 Å². The fourth-order valence-corrected chi connectivity index (χ4v) is 0.994. The molecule has 4 atom stereocenters. The second-order valence-corrected chi connectivity index (χ2v) is 3.70. The predicted octanol–water partition coefficient (Wildman–Crippen LogP) is -0.503. The highest BCUT2D eigenvalue weighted by Crippen LogP contribution is 2.05. The number of carbonyl (C=O) groups excluding carboxylic acids is 1. The molecule has 134 valence electrons. The molecule has 0 aliphatic carbocycles. The molecule has 10 heteroatoms. The Kier molecular flexibility index (Phi) is 14.6. The first-order chi connectivity index (χ1) is 10.3. The predicted molar refractivity (Wildman–Crippen MR) is 70.1 cm³/mol. The summed E-state index contributed by atoms with van der Waals surface area (Å²) >= 11 is 0. The highest BCUT2D eigenvalue weighted by Gasteiger charge is 2.28. The van der Waals surface area contributed by atoms with Crippen molar-refractivity contribution < 1.29 is 47.8 Å². The monoisotopic (exact) mass is 334 g/mol. The number of esters is 1. The van der Waals surface area contributed by atoms with Crippen molar-refractivity contribution in [2.45, 2.75) is 45.1 Å². The molecule has 0 rings (SSSR count). The Morgan fingerprint density at radius 3 is 1.73 bits per heavy atom. The minimum absolute atomic E-state index is 0.0814. The van der Waals surface area contributed by atoms with Crippen molar-refractivity contribution in [3.63, 3.8) is 0 Å². The normalized spacial score (nSPS) is 17.5. The van der Waals surface area contributed by atoms with E-state index in [2.05, 4.69) is 18.9 Å². The fraction of sp³-hybridized carbons (Fsp3) is 0.917. The number of aliphatic hydroxyl groups is 3. The molecule has 0 amide bonds. The smallest absolute Gasteiger partial charge is 0.346 e. The summed E-state index contributed by atoms with van der Waals surface area (Å²) in [5, 5.41) is 26.0. The van der Waals surface area contributed by atoms with Gasteiger partial charge >= 0.3 is 5.97 Å². The molecule has 0 radical (unpaired) electrons. The third-order valence-corrected chi connectivity index (χ3v) is 2.13. The summed E-state index contributed by atoms with van der Waals surface area (Å²) in [7, 11) is 2.25. The molecular weight excluding hydrogens is 310 g/mol. The summed E-state index contributed by atoms with van der Waals surface area (Å²) in [4.78, 5) is 10.6. The van der Waals surface area contributed by atoms with Crippen LogP contribution in [0.4, 0.5) is 8.78 Å². The maximum absolute atomic E-state index is 12.7. The van der Waals surface area contributed by atoms with Crippen molar-refractivity contribution in [1.82, 2.24) is 0 Å². The van der Waals surface area contributed by atoms with E-state index in [1.807, 2.05) is 0 Å². The minimum atomic E-state index is -2.12. The number of carbonyl (C=O) groups is 1. The lowest BCUT2D eigenvalue weighted by Gasteiger charge is -2.17. The van der Waals surface area contributed by atoms with Crippen molar-refractivity contribution in [3.8, 4) is 0 Å². The van der Waals surface area contributed by atoms with Crippen LogP contribution in [0.2, 0.25) is 0 Å². The highest BCUT2D eigenvalue weighted by molar-refractivity contribution is 5.74. The van der Waals surface area contributed by atoms with Crippen molar-refractivity contribution in [1.29, 1.82) is 0 Å². The van der Waals surface area contributed by atoms with Crippen molar-refractivity contribution >= 4 is 5.97 Å². The van der Waals surface area contributed by atoms with Crippen LogP contribution in [0.3, 0.4) is 0 Å². The van der Waals surface area contributed by atoms with Crippen LogP contribution in [0.25, 0.3) is 0 Å². The van der Waals surface area contributed by atoms with Gasteiger partial charge in [-0.1, -0.05) is 0 Å². The first kappa shape index (κ1) is 23.4. The number of methoxy groups -OCH3 is 2. The molecule has 22 heavy (non-hydrogen) atoms. The van der Waals surface area contributed by atoms with Gasteiger partial charge in [-0.3, -0.25) is 0 Å². The van der Waals surface area contributed by atoms with Crippen LogP contribution in [0, 0.1) is 0 Å². The zero-order valence-corrected chi connectivity index (χ0v) is 12.9. The molecule has 0 saturated carbocycles. The van der Waals surface area contributed by atoms with E-state index in [1.165, 1.54) is 0 Å². The van der Waals surface area contributed by atoms with E-state index in [9.17, 15) is 13.6 Å². The van der Waals surface area contributed by atoms with Gasteiger partial charge in [0.1, 0.15) is 0 Å². The Balaban J connectivity index is 0. The van der Waals surface area contributed by atoms with E-state index < -0.39 is 37.2 Å². The van der Waals surface area contributed by atoms with Gasteiger partial charge in [-0.15, -0.1) is 0 Å². The molecule has 0 aromatic heterocycles. The van der Waals surface area contributed by atoms with Crippen molar-refractivity contribution in [2.75, 3.05) is 27.4 Å². The average Bonchev–Trinajstić information content (AvgIpc) is 2.52. The van der Waals surface area contributed by atoms with Gasteiger partial charge in [-0.2, -0.15) is 0 Å². The molecule has 0 spiro atoms. The van der Waals surface area contributed by atoms with Gasteiger partial charge in [0.15, 0.2) is 18.9 Å². The van der Waals surface area contributed by atoms with E-state index >= 15 is 0 Å². The number of hydrogen-bond donors (Lipinski definition) is 3. The number of aliphatic hydroxyl groups excluding tert-OH is 3. The SMILES string of the molecule is CCOC(=O)C(F)C(O)OCC.COC(O)C(F)C(O)OC. The second-order valence-electron chi connectivity index (χ2n) is 3.70. The Morgan fingerprint density at radius 1 is 0.955 bits per heavy atom. The third-order valence-electron chi connectivity index (χ3n) is 2.13. The first-order valence-electron chi connectivity index (χ1n) is 6.42. The average molecular weight is 334 g/mol. The largest absolute Gasteiger partial charge is 0.464 e. The summed E-state index contributed by atoms with van der Waals surface area (Å²) in [6.45, 7) is 3.36. The van der Waals surface area contributed by atoms with Crippen LogP contribution in [-0.4, -0.2) is 79.9 Å². The standard InChI is InChI=1S/C7H13FO4.C5H11FO4/c1-3-11-6(9)5(8)7(10)12-4-2;1-9-4(7)3(6)5(8)10-2/h5-6,9H,3-4H2,1-2H3;3-5,7-8H,1-2H3. The van der Waals surface area contributed by atoms with E-state index in [1.54, 1.807) is 13.8 Å². The molecule has 0 fully saturated rings. The van der Waals surface area contributed by atoms with Crippen LogP contribution >= 0.6 is 0 Å². The maximum atomic E-state index is 12.7. The van der Waals surface area contributed by atoms with E-state index in [0.717, 1.165) is 14.2 Å². The number of alkyl halides is 2. The van der Waals surface area contributed by atoms with Crippen LogP contribution < -0.4 is 0 Å². The third kappa shape index (κ3) is 9.92. The number of halogens is 2. The van der Waals surface area contributed by atoms with Gasteiger partial charge in [0.2, 0.25) is 12.3 Å². The van der Waals surface area contributed by atoms with Gasteiger partial charge in [0, 0.05) is 20.8 Å². The lowest BCUT2D eigenvalue weighted by atomic mass is 10.3. The molecule has 8 nitrogen and oxygen atoms in total. The number of ether oxygens (including phenoxy) is 4. The Labute approximate surface area is 127 Å². The molecule has 4 unspecified atom stereocenters. The second kappa shape index (κ2) is 13.7. The minimum Gasteiger partial charge on any atom is -0.464 e. The van der Waals surface area contributed by atoms with E-state index in [4.69, 9.17) is 15.3 Å². The molecule has 0 heterocycles. The van der Waals surface area contributed by atoms with Gasteiger partial charge < -0.3 is 34.3 Å². The number of rotatable bonds is 9. The summed E-state index contributed by atoms with van der Waals surface area (Å²) in [6, 6.07) is 0. The van der Waals surface area contributed by atoms with Gasteiger partial charge in [0.25, 0.3) is 0 Å².